The van der Waals surface area contributed by atoms with E-state index in [4.69, 9.17) is 4.42 Å². The molecule has 1 heterocycles. The number of nitrogens with one attached hydrogen (secondary N) is 1. The molecule has 2 aromatic carbocycles. The molecule has 0 bridgehead atoms. The lowest BCUT2D eigenvalue weighted by atomic mass is 10.0. The number of benzene rings is 2. The number of anilines is 1. The Kier molecular flexibility index (Phi) is 4.22. The molecule has 23 heavy (non-hydrogen) atoms. The molecule has 3 rings (SSSR count). The highest BCUT2D eigenvalue weighted by atomic mass is 79.9. The Hall–Kier alpha value is -2.14. The zero-order chi connectivity index (χ0) is 16.6. The zero-order valence-electron chi connectivity index (χ0n) is 12.7. The van der Waals surface area contributed by atoms with Crippen LogP contribution >= 0.6 is 15.9 Å². The smallest absolute Gasteiger partial charge is 0.228 e. The lowest BCUT2D eigenvalue weighted by molar-refractivity contribution is -0.115. The second kappa shape index (κ2) is 6.16. The quantitative estimate of drug-likeness (QED) is 0.689. The first-order chi connectivity index (χ1) is 11.0. The molecule has 1 aromatic heterocycles. The van der Waals surface area contributed by atoms with Crippen molar-refractivity contribution in [2.24, 2.45) is 0 Å². The second-order valence-corrected chi connectivity index (χ2v) is 6.35. The van der Waals surface area contributed by atoms with Gasteiger partial charge in [-0.15, -0.1) is 0 Å². The highest BCUT2D eigenvalue weighted by molar-refractivity contribution is 9.10. The van der Waals surface area contributed by atoms with E-state index in [0.717, 1.165) is 27.7 Å². The predicted molar refractivity (Wildman–Crippen MR) is 92.1 cm³/mol. The number of rotatable bonds is 3. The van der Waals surface area contributed by atoms with Crippen LogP contribution in [0.1, 0.15) is 16.7 Å². The molecule has 0 saturated heterocycles. The Morgan fingerprint density at radius 3 is 2.78 bits per heavy atom. The molecule has 0 radical (unpaired) electrons. The van der Waals surface area contributed by atoms with Gasteiger partial charge in [0.05, 0.1) is 18.4 Å². The van der Waals surface area contributed by atoms with Crippen molar-refractivity contribution in [3.63, 3.8) is 0 Å². The van der Waals surface area contributed by atoms with Crippen molar-refractivity contribution in [3.05, 3.63) is 63.6 Å². The Balaban J connectivity index is 1.82. The average molecular weight is 376 g/mol. The van der Waals surface area contributed by atoms with Crippen molar-refractivity contribution in [1.29, 1.82) is 0 Å². The number of fused-ring (bicyclic) bond motifs is 1. The van der Waals surface area contributed by atoms with Gasteiger partial charge >= 0.3 is 0 Å². The fraction of sp³-hybridized carbons (Fsp3) is 0.167. The number of aryl methyl sites for hydroxylation is 2. The van der Waals surface area contributed by atoms with Gasteiger partial charge in [-0.25, -0.2) is 4.39 Å². The van der Waals surface area contributed by atoms with Gasteiger partial charge in [0.25, 0.3) is 0 Å². The van der Waals surface area contributed by atoms with E-state index in [-0.39, 0.29) is 18.1 Å². The van der Waals surface area contributed by atoms with E-state index < -0.39 is 0 Å². The maximum Gasteiger partial charge on any atom is 0.228 e. The van der Waals surface area contributed by atoms with E-state index in [1.807, 2.05) is 26.0 Å². The number of furan rings is 1. The molecular formula is C18H15BrFNO2. The highest BCUT2D eigenvalue weighted by Gasteiger charge is 2.14. The summed E-state index contributed by atoms with van der Waals surface area (Å²) in [6.45, 7) is 4.02. The molecule has 0 aliphatic carbocycles. The van der Waals surface area contributed by atoms with E-state index >= 15 is 0 Å². The molecule has 0 aliphatic rings. The molecule has 0 unspecified atom stereocenters. The van der Waals surface area contributed by atoms with Crippen LogP contribution in [-0.2, 0) is 11.2 Å². The van der Waals surface area contributed by atoms with Crippen LogP contribution in [0.3, 0.4) is 0 Å². The summed E-state index contributed by atoms with van der Waals surface area (Å²) in [5, 5.41) is 3.72. The van der Waals surface area contributed by atoms with Gasteiger partial charge in [-0.1, -0.05) is 12.1 Å². The van der Waals surface area contributed by atoms with Crippen LogP contribution < -0.4 is 5.32 Å². The molecule has 0 atom stereocenters. The summed E-state index contributed by atoms with van der Waals surface area (Å²) in [5.74, 6) is -0.542. The summed E-state index contributed by atoms with van der Waals surface area (Å²) >= 11 is 3.24. The average Bonchev–Trinajstić information content (AvgIpc) is 2.89. The number of amides is 1. The first-order valence-corrected chi connectivity index (χ1v) is 7.96. The molecule has 0 spiro atoms. The van der Waals surface area contributed by atoms with Crippen LogP contribution in [0.25, 0.3) is 11.0 Å². The third-order valence-electron chi connectivity index (χ3n) is 3.90. The zero-order valence-corrected chi connectivity index (χ0v) is 14.3. The lowest BCUT2D eigenvalue weighted by Crippen LogP contribution is -2.14. The normalized spacial score (nSPS) is 11.0. The van der Waals surface area contributed by atoms with Gasteiger partial charge in [0.2, 0.25) is 5.91 Å². The van der Waals surface area contributed by atoms with Crippen molar-refractivity contribution in [1.82, 2.24) is 0 Å². The Bertz CT molecular complexity index is 901. The van der Waals surface area contributed by atoms with Gasteiger partial charge < -0.3 is 9.73 Å². The summed E-state index contributed by atoms with van der Waals surface area (Å²) in [6.07, 6.45) is 1.82. The SMILES string of the molecule is Cc1ccc2c(CC(=O)Nc3ccc(F)cc3Br)coc2c1C. The maximum atomic E-state index is 13.1. The first-order valence-electron chi connectivity index (χ1n) is 7.17. The molecule has 5 heteroatoms. The van der Waals surface area contributed by atoms with Gasteiger partial charge in [0, 0.05) is 15.4 Å². The van der Waals surface area contributed by atoms with Crippen LogP contribution in [0, 0.1) is 19.7 Å². The second-order valence-electron chi connectivity index (χ2n) is 5.49. The molecule has 0 fully saturated rings. The summed E-state index contributed by atoms with van der Waals surface area (Å²) in [5.41, 5.74) is 4.42. The summed E-state index contributed by atoms with van der Waals surface area (Å²) in [4.78, 5) is 12.2. The number of hydrogen-bond donors (Lipinski definition) is 1. The van der Waals surface area contributed by atoms with E-state index in [0.29, 0.717) is 10.2 Å². The van der Waals surface area contributed by atoms with Gasteiger partial charge in [-0.3, -0.25) is 4.79 Å². The molecule has 118 valence electrons. The van der Waals surface area contributed by atoms with Crippen LogP contribution in [0.15, 0.2) is 45.5 Å². The van der Waals surface area contributed by atoms with Crippen molar-refractivity contribution >= 4 is 38.5 Å². The van der Waals surface area contributed by atoms with Gasteiger partial charge in [0.15, 0.2) is 0 Å². The number of hydrogen-bond acceptors (Lipinski definition) is 2. The molecule has 1 N–H and O–H groups in total. The molecule has 3 nitrogen and oxygen atoms in total. The van der Waals surface area contributed by atoms with Crippen LogP contribution in [0.5, 0.6) is 0 Å². The van der Waals surface area contributed by atoms with Gasteiger partial charge in [0.1, 0.15) is 11.4 Å². The summed E-state index contributed by atoms with van der Waals surface area (Å²) < 4.78 is 19.2. The largest absolute Gasteiger partial charge is 0.464 e. The maximum absolute atomic E-state index is 13.1. The van der Waals surface area contributed by atoms with Gasteiger partial charge in [-0.2, -0.15) is 0 Å². The monoisotopic (exact) mass is 375 g/mol. The highest BCUT2D eigenvalue weighted by Crippen LogP contribution is 2.27. The lowest BCUT2D eigenvalue weighted by Gasteiger charge is -2.07. The van der Waals surface area contributed by atoms with Crippen molar-refractivity contribution in [3.8, 4) is 0 Å². The third-order valence-corrected chi connectivity index (χ3v) is 4.55. The standard InChI is InChI=1S/C18H15BrFNO2/c1-10-3-5-14-12(9-23-18(14)11(10)2)7-17(22)21-16-6-4-13(20)8-15(16)19/h3-6,8-9H,7H2,1-2H3,(H,21,22). The van der Waals surface area contributed by atoms with Crippen LogP contribution in [0.4, 0.5) is 10.1 Å². The molecule has 1 amide bonds. The number of halogens is 2. The van der Waals surface area contributed by atoms with Crippen LogP contribution in [0.2, 0.25) is 0 Å². The van der Waals surface area contributed by atoms with E-state index in [2.05, 4.69) is 21.2 Å². The fourth-order valence-corrected chi connectivity index (χ4v) is 2.93. The predicted octanol–water partition coefficient (Wildman–Crippen LogP) is 5.13. The van der Waals surface area contributed by atoms with E-state index in [1.165, 1.54) is 18.2 Å². The van der Waals surface area contributed by atoms with E-state index in [9.17, 15) is 9.18 Å². The topological polar surface area (TPSA) is 42.2 Å². The van der Waals surface area contributed by atoms with Crippen molar-refractivity contribution in [2.45, 2.75) is 20.3 Å². The number of carbonyl (C=O) groups excluding carboxylic acids is 1. The van der Waals surface area contributed by atoms with Crippen molar-refractivity contribution in [2.75, 3.05) is 5.32 Å². The molecule has 3 aromatic rings. The van der Waals surface area contributed by atoms with Crippen molar-refractivity contribution < 1.29 is 13.6 Å². The Morgan fingerprint density at radius 2 is 2.04 bits per heavy atom. The molecule has 0 saturated carbocycles. The van der Waals surface area contributed by atoms with E-state index in [1.54, 1.807) is 6.26 Å². The summed E-state index contributed by atoms with van der Waals surface area (Å²) in [6, 6.07) is 8.13. The molecular weight excluding hydrogens is 361 g/mol. The Labute approximate surface area is 141 Å². The minimum Gasteiger partial charge on any atom is -0.464 e. The van der Waals surface area contributed by atoms with Crippen LogP contribution in [-0.4, -0.2) is 5.91 Å². The van der Waals surface area contributed by atoms with Gasteiger partial charge in [-0.05, 0) is 59.1 Å². The fourth-order valence-electron chi connectivity index (χ4n) is 2.48. The number of carbonyl (C=O) groups is 1. The first kappa shape index (κ1) is 15.7. The minimum atomic E-state index is -0.360. The minimum absolute atomic E-state index is 0.182. The summed E-state index contributed by atoms with van der Waals surface area (Å²) in [7, 11) is 0. The third kappa shape index (κ3) is 3.15. The molecule has 0 aliphatic heterocycles. The Morgan fingerprint density at radius 1 is 1.26 bits per heavy atom.